The van der Waals surface area contributed by atoms with Crippen molar-refractivity contribution in [2.24, 2.45) is 0 Å². The Bertz CT molecular complexity index is 553. The van der Waals surface area contributed by atoms with Crippen molar-refractivity contribution in [3.05, 3.63) is 21.6 Å². The Kier molecular flexibility index (Phi) is 5.07. The van der Waals surface area contributed by atoms with Crippen molar-refractivity contribution in [1.82, 2.24) is 20.2 Å². The third kappa shape index (κ3) is 3.66. The third-order valence-electron chi connectivity index (χ3n) is 4.40. The summed E-state index contributed by atoms with van der Waals surface area (Å²) >= 11 is 0. The molecule has 0 radical (unpaired) electrons. The van der Waals surface area contributed by atoms with Crippen LogP contribution < -0.4 is 15.8 Å². The Morgan fingerprint density at radius 2 is 2.05 bits per heavy atom. The summed E-state index contributed by atoms with van der Waals surface area (Å²) in [6.45, 7) is 7.13. The highest BCUT2D eigenvalue weighted by Gasteiger charge is 2.16. The van der Waals surface area contributed by atoms with Crippen molar-refractivity contribution in [3.63, 3.8) is 0 Å². The van der Waals surface area contributed by atoms with E-state index in [2.05, 4.69) is 20.2 Å². The lowest BCUT2D eigenvalue weighted by Gasteiger charge is -2.28. The van der Waals surface area contributed by atoms with Crippen molar-refractivity contribution < 1.29 is 4.74 Å². The second-order valence-electron chi connectivity index (χ2n) is 5.94. The molecule has 0 unspecified atom stereocenters. The van der Waals surface area contributed by atoms with Gasteiger partial charge in [-0.1, -0.05) is 0 Å². The van der Waals surface area contributed by atoms with E-state index in [1.54, 1.807) is 0 Å². The zero-order chi connectivity index (χ0) is 15.4. The molecule has 2 N–H and O–H groups in total. The number of hydrogen-bond donors (Lipinski definition) is 2. The number of morpholine rings is 1. The molecular formula is C15H25N5O2. The second kappa shape index (κ2) is 7.21. The molecule has 3 heterocycles. The maximum atomic E-state index is 12.3. The van der Waals surface area contributed by atoms with Crippen LogP contribution in [0.2, 0.25) is 0 Å². The number of hydrogen-bond acceptors (Lipinski definition) is 6. The van der Waals surface area contributed by atoms with E-state index in [-0.39, 0.29) is 5.56 Å². The van der Waals surface area contributed by atoms with Gasteiger partial charge in [-0.25, -0.2) is 4.98 Å². The number of aromatic amines is 1. The number of rotatable bonds is 4. The maximum Gasteiger partial charge on any atom is 0.255 e. The molecule has 0 spiro atoms. The molecule has 7 nitrogen and oxygen atoms in total. The SMILES string of the molecule is CN(CCN1CCOCC1)c1nc2c(c(=O)[nH]1)CCNCC2. The van der Waals surface area contributed by atoms with Gasteiger partial charge in [-0.15, -0.1) is 0 Å². The van der Waals surface area contributed by atoms with Gasteiger partial charge in [-0.2, -0.15) is 0 Å². The lowest BCUT2D eigenvalue weighted by atomic mass is 10.1. The third-order valence-corrected chi connectivity index (χ3v) is 4.40. The average molecular weight is 307 g/mol. The van der Waals surface area contributed by atoms with Gasteiger partial charge in [0.2, 0.25) is 5.95 Å². The van der Waals surface area contributed by atoms with Crippen LogP contribution in [0.25, 0.3) is 0 Å². The fourth-order valence-electron chi connectivity index (χ4n) is 2.94. The summed E-state index contributed by atoms with van der Waals surface area (Å²) < 4.78 is 5.36. The lowest BCUT2D eigenvalue weighted by Crippen LogP contribution is -2.41. The van der Waals surface area contributed by atoms with Crippen LogP contribution in [0, 0.1) is 0 Å². The summed E-state index contributed by atoms with van der Waals surface area (Å²) in [4.78, 5) is 24.3. The zero-order valence-electron chi connectivity index (χ0n) is 13.2. The number of likely N-dealkylation sites (N-methyl/N-ethyl adjacent to an activating group) is 1. The first-order valence-electron chi connectivity index (χ1n) is 8.08. The topological polar surface area (TPSA) is 73.5 Å². The Morgan fingerprint density at radius 1 is 1.27 bits per heavy atom. The zero-order valence-corrected chi connectivity index (χ0v) is 13.2. The number of anilines is 1. The van der Waals surface area contributed by atoms with Gasteiger partial charge in [-0.3, -0.25) is 14.7 Å². The molecule has 0 aliphatic carbocycles. The normalized spacial score (nSPS) is 19.5. The van der Waals surface area contributed by atoms with Crippen LogP contribution >= 0.6 is 0 Å². The molecule has 0 aromatic carbocycles. The minimum absolute atomic E-state index is 0.0157. The van der Waals surface area contributed by atoms with Crippen LogP contribution in [0.1, 0.15) is 11.3 Å². The predicted octanol–water partition coefficient (Wildman–Crippen LogP) is -0.773. The lowest BCUT2D eigenvalue weighted by molar-refractivity contribution is 0.0392. The number of ether oxygens (including phenoxy) is 1. The molecule has 122 valence electrons. The molecule has 0 amide bonds. The fourth-order valence-corrected chi connectivity index (χ4v) is 2.94. The van der Waals surface area contributed by atoms with Crippen LogP contribution in [-0.4, -0.2) is 74.4 Å². The van der Waals surface area contributed by atoms with Gasteiger partial charge in [0.05, 0.1) is 18.9 Å². The minimum Gasteiger partial charge on any atom is -0.379 e. The van der Waals surface area contributed by atoms with E-state index in [1.807, 2.05) is 11.9 Å². The molecule has 2 aliphatic rings. The van der Waals surface area contributed by atoms with Gasteiger partial charge in [0.25, 0.3) is 5.56 Å². The first kappa shape index (κ1) is 15.5. The smallest absolute Gasteiger partial charge is 0.255 e. The second-order valence-corrected chi connectivity index (χ2v) is 5.94. The molecular weight excluding hydrogens is 282 g/mol. The molecule has 0 bridgehead atoms. The van der Waals surface area contributed by atoms with Crippen LogP contribution in [0.4, 0.5) is 5.95 Å². The van der Waals surface area contributed by atoms with Crippen LogP contribution in [0.15, 0.2) is 4.79 Å². The fraction of sp³-hybridized carbons (Fsp3) is 0.733. The maximum absolute atomic E-state index is 12.3. The molecule has 1 fully saturated rings. The van der Waals surface area contributed by atoms with E-state index in [4.69, 9.17) is 4.74 Å². The largest absolute Gasteiger partial charge is 0.379 e. The Hall–Kier alpha value is -1.44. The van der Waals surface area contributed by atoms with Gasteiger partial charge in [0.15, 0.2) is 0 Å². The highest BCUT2D eigenvalue weighted by Crippen LogP contribution is 2.10. The number of nitrogens with zero attached hydrogens (tertiary/aromatic N) is 3. The summed E-state index contributed by atoms with van der Waals surface area (Å²) in [6, 6.07) is 0. The van der Waals surface area contributed by atoms with E-state index in [0.717, 1.165) is 76.6 Å². The molecule has 22 heavy (non-hydrogen) atoms. The predicted molar refractivity (Wildman–Crippen MR) is 85.7 cm³/mol. The van der Waals surface area contributed by atoms with E-state index in [1.165, 1.54) is 0 Å². The highest BCUT2D eigenvalue weighted by atomic mass is 16.5. The van der Waals surface area contributed by atoms with Crippen molar-refractivity contribution in [1.29, 1.82) is 0 Å². The van der Waals surface area contributed by atoms with Crippen LogP contribution in [0.5, 0.6) is 0 Å². The summed E-state index contributed by atoms with van der Waals surface area (Å²) in [5, 5.41) is 3.31. The average Bonchev–Trinajstić information content (AvgIpc) is 2.79. The minimum atomic E-state index is 0.0157. The summed E-state index contributed by atoms with van der Waals surface area (Å²) in [5.74, 6) is 0.680. The van der Waals surface area contributed by atoms with Crippen molar-refractivity contribution in [3.8, 4) is 0 Å². The molecule has 1 aromatic rings. The molecule has 1 saturated heterocycles. The molecule has 2 aliphatic heterocycles. The number of nitrogens with one attached hydrogen (secondary N) is 2. The standard InChI is InChI=1S/C15H25N5O2/c1-19(6-7-20-8-10-22-11-9-20)15-17-13-3-5-16-4-2-12(13)14(21)18-15/h16H,2-11H2,1H3,(H,17,18,21). The van der Waals surface area contributed by atoms with Crippen LogP contribution in [0.3, 0.4) is 0 Å². The van der Waals surface area contributed by atoms with Gasteiger partial charge in [0.1, 0.15) is 0 Å². The first-order chi connectivity index (χ1) is 10.7. The molecule has 1 aromatic heterocycles. The van der Waals surface area contributed by atoms with Crippen LogP contribution in [-0.2, 0) is 17.6 Å². The van der Waals surface area contributed by atoms with Crippen molar-refractivity contribution >= 4 is 5.95 Å². The summed E-state index contributed by atoms with van der Waals surface area (Å²) in [5.41, 5.74) is 1.80. The Morgan fingerprint density at radius 3 is 2.86 bits per heavy atom. The molecule has 0 atom stereocenters. The van der Waals surface area contributed by atoms with Crippen molar-refractivity contribution in [2.75, 3.05) is 64.4 Å². The Labute approximate surface area is 130 Å². The quantitative estimate of drug-likeness (QED) is 0.761. The number of fused-ring (bicyclic) bond motifs is 1. The molecule has 7 heteroatoms. The van der Waals surface area contributed by atoms with Gasteiger partial charge in [-0.05, 0) is 13.0 Å². The Balaban J connectivity index is 1.67. The first-order valence-corrected chi connectivity index (χ1v) is 8.08. The number of aromatic nitrogens is 2. The molecule has 0 saturated carbocycles. The summed E-state index contributed by atoms with van der Waals surface area (Å²) in [6.07, 6.45) is 1.58. The van der Waals surface area contributed by atoms with E-state index in [9.17, 15) is 4.79 Å². The van der Waals surface area contributed by atoms with Gasteiger partial charge in [0, 0.05) is 51.8 Å². The van der Waals surface area contributed by atoms with Crippen molar-refractivity contribution in [2.45, 2.75) is 12.8 Å². The van der Waals surface area contributed by atoms with E-state index in [0.29, 0.717) is 5.95 Å². The van der Waals surface area contributed by atoms with Gasteiger partial charge >= 0.3 is 0 Å². The monoisotopic (exact) mass is 307 g/mol. The van der Waals surface area contributed by atoms with E-state index >= 15 is 0 Å². The summed E-state index contributed by atoms with van der Waals surface area (Å²) in [7, 11) is 1.99. The highest BCUT2D eigenvalue weighted by molar-refractivity contribution is 5.33. The van der Waals surface area contributed by atoms with Gasteiger partial charge < -0.3 is 15.0 Å². The van der Waals surface area contributed by atoms with E-state index < -0.39 is 0 Å². The molecule has 3 rings (SSSR count). The number of H-pyrrole nitrogens is 1.